The first-order valence-electron chi connectivity index (χ1n) is 7.40. The van der Waals surface area contributed by atoms with Crippen LogP contribution in [0.1, 0.15) is 11.3 Å². The zero-order valence-corrected chi connectivity index (χ0v) is 15.9. The first-order chi connectivity index (χ1) is 10.7. The summed E-state index contributed by atoms with van der Waals surface area (Å²) in [5.74, 6) is 0.832. The number of ether oxygens (including phenoxy) is 1. The van der Waals surface area contributed by atoms with Crippen LogP contribution in [0.2, 0.25) is 0 Å². The van der Waals surface area contributed by atoms with E-state index in [-0.39, 0.29) is 37.0 Å². The topological polar surface area (TPSA) is 71.6 Å². The second-order valence-corrected chi connectivity index (χ2v) is 6.79. The lowest BCUT2D eigenvalue weighted by Crippen LogP contribution is -2.48. The average molecular weight is 392 g/mol. The van der Waals surface area contributed by atoms with E-state index in [1.54, 1.807) is 18.4 Å². The van der Waals surface area contributed by atoms with Crippen LogP contribution in [0, 0.1) is 0 Å². The quantitative estimate of drug-likeness (QED) is 0.837. The van der Waals surface area contributed by atoms with Gasteiger partial charge in [-0.25, -0.2) is 4.98 Å². The Kier molecular flexibility index (Phi) is 8.42. The highest BCUT2D eigenvalue weighted by molar-refractivity contribution is 7.15. The van der Waals surface area contributed by atoms with E-state index in [1.165, 1.54) is 4.88 Å². The Morgan fingerprint density at radius 3 is 2.79 bits per heavy atom. The molecule has 0 unspecified atom stereocenters. The van der Waals surface area contributed by atoms with E-state index in [0.717, 1.165) is 29.4 Å². The first kappa shape index (κ1) is 21.2. The maximum absolute atomic E-state index is 9.83. The van der Waals surface area contributed by atoms with Gasteiger partial charge in [0.15, 0.2) is 0 Å². The maximum Gasteiger partial charge on any atom is 0.129 e. The molecule has 3 N–H and O–H groups in total. The standard InChI is InChI=1S/C16H21N3O2S.2ClH/c1-21-15-5-3-2-4-14(15)16-18-7-13(22-16)10-19-8-11(17)6-12(20)9-19;;/h2-5,7,11-12,20H,6,8-10,17H2,1H3;2*1H/t11-,12+;;/m0../s1. The van der Waals surface area contributed by atoms with Crippen LogP contribution in [0.3, 0.4) is 0 Å². The summed E-state index contributed by atoms with van der Waals surface area (Å²) < 4.78 is 5.39. The summed E-state index contributed by atoms with van der Waals surface area (Å²) in [4.78, 5) is 7.88. The van der Waals surface area contributed by atoms with Crippen molar-refractivity contribution in [2.45, 2.75) is 25.1 Å². The third kappa shape index (κ3) is 5.05. The number of rotatable bonds is 4. The summed E-state index contributed by atoms with van der Waals surface area (Å²) in [6.45, 7) is 2.27. The second-order valence-electron chi connectivity index (χ2n) is 5.68. The van der Waals surface area contributed by atoms with Gasteiger partial charge < -0.3 is 15.6 Å². The van der Waals surface area contributed by atoms with Gasteiger partial charge in [0.05, 0.1) is 18.8 Å². The predicted octanol–water partition coefficient (Wildman–Crippen LogP) is 2.56. The van der Waals surface area contributed by atoms with E-state index < -0.39 is 0 Å². The Labute approximate surface area is 158 Å². The van der Waals surface area contributed by atoms with Gasteiger partial charge in [-0.1, -0.05) is 12.1 Å². The number of nitrogens with two attached hydrogens (primary N) is 1. The average Bonchev–Trinajstić information content (AvgIpc) is 2.94. The molecule has 1 aliphatic rings. The molecule has 0 amide bonds. The van der Waals surface area contributed by atoms with Gasteiger partial charge in [0.2, 0.25) is 0 Å². The van der Waals surface area contributed by atoms with E-state index in [1.807, 2.05) is 30.5 Å². The molecule has 0 radical (unpaired) electrons. The number of hydrogen-bond donors (Lipinski definition) is 2. The second kappa shape index (κ2) is 9.56. The lowest BCUT2D eigenvalue weighted by atomic mass is 10.0. The fraction of sp³-hybridized carbons (Fsp3) is 0.438. The third-order valence-corrected chi connectivity index (χ3v) is 4.82. The molecular weight excluding hydrogens is 369 g/mol. The number of hydrogen-bond acceptors (Lipinski definition) is 6. The van der Waals surface area contributed by atoms with E-state index in [9.17, 15) is 5.11 Å². The number of para-hydroxylation sites is 1. The molecule has 2 aromatic rings. The lowest BCUT2D eigenvalue weighted by Gasteiger charge is -2.33. The van der Waals surface area contributed by atoms with Crippen LogP contribution in [0.25, 0.3) is 10.6 Å². The number of aromatic nitrogens is 1. The number of thiazole rings is 1. The molecule has 3 rings (SSSR count). The van der Waals surface area contributed by atoms with Crippen LogP contribution in [0.5, 0.6) is 5.75 Å². The Hall–Kier alpha value is -0.890. The Bertz CT molecular complexity index is 631. The molecule has 8 heteroatoms. The highest BCUT2D eigenvalue weighted by atomic mass is 35.5. The van der Waals surface area contributed by atoms with Crippen LogP contribution in [-0.2, 0) is 6.54 Å². The molecule has 5 nitrogen and oxygen atoms in total. The SMILES string of the molecule is COc1ccccc1-c1ncc(CN2C[C@@H](N)C[C@@H](O)C2)s1.Cl.Cl. The van der Waals surface area contributed by atoms with Crippen LogP contribution < -0.4 is 10.5 Å². The van der Waals surface area contributed by atoms with E-state index in [2.05, 4.69) is 9.88 Å². The van der Waals surface area contributed by atoms with Gasteiger partial charge >= 0.3 is 0 Å². The van der Waals surface area contributed by atoms with Crippen molar-refractivity contribution >= 4 is 36.2 Å². The van der Waals surface area contributed by atoms with Crippen molar-refractivity contribution in [1.29, 1.82) is 0 Å². The number of nitrogens with zero attached hydrogens (tertiary/aromatic N) is 2. The number of likely N-dealkylation sites (tertiary alicyclic amines) is 1. The number of aliphatic hydroxyl groups is 1. The third-order valence-electron chi connectivity index (χ3n) is 3.81. The summed E-state index contributed by atoms with van der Waals surface area (Å²) in [7, 11) is 1.67. The Balaban J connectivity index is 0.00000144. The van der Waals surface area contributed by atoms with E-state index in [0.29, 0.717) is 13.0 Å². The van der Waals surface area contributed by atoms with Crippen molar-refractivity contribution in [2.75, 3.05) is 20.2 Å². The summed E-state index contributed by atoms with van der Waals surface area (Å²) in [6, 6.07) is 7.94. The minimum absolute atomic E-state index is 0. The monoisotopic (exact) mass is 391 g/mol. The van der Waals surface area contributed by atoms with Crippen LogP contribution in [0.15, 0.2) is 30.5 Å². The van der Waals surface area contributed by atoms with Crippen molar-refractivity contribution < 1.29 is 9.84 Å². The molecule has 1 aromatic carbocycles. The number of methoxy groups -OCH3 is 1. The molecule has 1 saturated heterocycles. The molecular formula is C16H23Cl2N3O2S. The molecule has 1 aromatic heterocycles. The van der Waals surface area contributed by atoms with E-state index in [4.69, 9.17) is 10.5 Å². The van der Waals surface area contributed by atoms with Gasteiger partial charge in [-0.3, -0.25) is 4.90 Å². The predicted molar refractivity (Wildman–Crippen MR) is 102 cm³/mol. The smallest absolute Gasteiger partial charge is 0.129 e. The van der Waals surface area contributed by atoms with Gasteiger partial charge in [0.1, 0.15) is 10.8 Å². The van der Waals surface area contributed by atoms with Gasteiger partial charge in [-0.2, -0.15) is 0 Å². The molecule has 134 valence electrons. The van der Waals surface area contributed by atoms with Crippen LogP contribution in [-0.4, -0.2) is 47.3 Å². The molecule has 24 heavy (non-hydrogen) atoms. The molecule has 0 spiro atoms. The van der Waals surface area contributed by atoms with Crippen molar-refractivity contribution in [3.05, 3.63) is 35.3 Å². The minimum Gasteiger partial charge on any atom is -0.496 e. The first-order valence-corrected chi connectivity index (χ1v) is 8.21. The van der Waals surface area contributed by atoms with Gasteiger partial charge in [0, 0.05) is 36.8 Å². The van der Waals surface area contributed by atoms with Crippen LogP contribution >= 0.6 is 36.2 Å². The lowest BCUT2D eigenvalue weighted by molar-refractivity contribution is 0.0569. The maximum atomic E-state index is 9.83. The summed E-state index contributed by atoms with van der Waals surface area (Å²) >= 11 is 1.66. The summed E-state index contributed by atoms with van der Waals surface area (Å²) in [5.41, 5.74) is 6.98. The molecule has 0 aliphatic carbocycles. The van der Waals surface area contributed by atoms with Gasteiger partial charge in [-0.05, 0) is 18.6 Å². The molecule has 1 fully saturated rings. The van der Waals surface area contributed by atoms with Crippen molar-refractivity contribution in [3.63, 3.8) is 0 Å². The molecule has 1 aliphatic heterocycles. The Morgan fingerprint density at radius 1 is 1.33 bits per heavy atom. The highest BCUT2D eigenvalue weighted by Gasteiger charge is 2.24. The minimum atomic E-state index is -0.328. The fourth-order valence-corrected chi connectivity index (χ4v) is 3.86. The zero-order chi connectivity index (χ0) is 15.5. The number of β-amino-alcohol motifs (C(OH)–C–C–N with tert-alkyl or cyclic N) is 1. The number of aliphatic hydroxyl groups excluding tert-OH is 1. The van der Waals surface area contributed by atoms with Gasteiger partial charge in [-0.15, -0.1) is 36.2 Å². The normalized spacial score (nSPS) is 20.8. The number of benzene rings is 1. The van der Waals surface area contributed by atoms with E-state index >= 15 is 0 Å². The molecule has 2 atom stereocenters. The summed E-state index contributed by atoms with van der Waals surface area (Å²) in [5, 5.41) is 10.8. The van der Waals surface area contributed by atoms with Gasteiger partial charge in [0.25, 0.3) is 0 Å². The molecule has 0 bridgehead atoms. The Morgan fingerprint density at radius 2 is 2.08 bits per heavy atom. The molecule has 2 heterocycles. The zero-order valence-electron chi connectivity index (χ0n) is 13.4. The largest absolute Gasteiger partial charge is 0.496 e. The van der Waals surface area contributed by atoms with Crippen LogP contribution in [0.4, 0.5) is 0 Å². The summed E-state index contributed by atoms with van der Waals surface area (Å²) in [6.07, 6.45) is 2.26. The fourth-order valence-electron chi connectivity index (χ4n) is 2.88. The number of piperidine rings is 1. The highest BCUT2D eigenvalue weighted by Crippen LogP contribution is 2.33. The van der Waals surface area contributed by atoms with Crippen molar-refractivity contribution in [1.82, 2.24) is 9.88 Å². The van der Waals surface area contributed by atoms with Crippen molar-refractivity contribution in [3.8, 4) is 16.3 Å². The van der Waals surface area contributed by atoms with Crippen molar-refractivity contribution in [2.24, 2.45) is 5.73 Å². The number of halogens is 2. The molecule has 0 saturated carbocycles.